The number of unbranched alkanes of at least 4 members (excludes halogenated alkanes) is 2. The molecule has 6 nitrogen and oxygen atoms in total. The van der Waals surface area contributed by atoms with Crippen LogP contribution in [0.1, 0.15) is 25.7 Å². The number of fused-ring (bicyclic) bond motifs is 1. The lowest BCUT2D eigenvalue weighted by Gasteiger charge is -2.07. The number of nitrogens with zero attached hydrogens (tertiary/aromatic N) is 1. The van der Waals surface area contributed by atoms with Crippen LogP contribution >= 0.6 is 0 Å². The Morgan fingerprint density at radius 2 is 1.95 bits per heavy atom. The number of aromatic nitrogens is 1. The van der Waals surface area contributed by atoms with Crippen LogP contribution in [0.25, 0.3) is 10.9 Å². The fourth-order valence-electron chi connectivity index (χ4n) is 2.20. The normalized spacial score (nSPS) is 10.7. The zero-order valence-corrected chi connectivity index (χ0v) is 11.8. The molecule has 0 bridgehead atoms. The Balaban J connectivity index is 2.07. The quantitative estimate of drug-likeness (QED) is 0.597. The number of methoxy groups -OCH3 is 1. The van der Waals surface area contributed by atoms with Crippen molar-refractivity contribution in [3.63, 3.8) is 0 Å². The molecule has 6 heteroatoms. The zero-order chi connectivity index (χ0) is 15.2. The van der Waals surface area contributed by atoms with Crippen LogP contribution in [0.5, 0.6) is 0 Å². The number of benzene rings is 1. The van der Waals surface area contributed by atoms with E-state index >= 15 is 0 Å². The molecule has 0 aliphatic heterocycles. The summed E-state index contributed by atoms with van der Waals surface area (Å²) >= 11 is 0. The van der Waals surface area contributed by atoms with Crippen LogP contribution in [0.2, 0.25) is 0 Å². The van der Waals surface area contributed by atoms with Crippen molar-refractivity contribution in [2.24, 2.45) is 0 Å². The molecule has 0 spiro atoms. The smallest absolute Gasteiger partial charge is 0.422 e. The van der Waals surface area contributed by atoms with E-state index in [1.54, 1.807) is 24.3 Å². The van der Waals surface area contributed by atoms with Crippen LogP contribution in [-0.2, 0) is 16.1 Å². The van der Waals surface area contributed by atoms with Crippen molar-refractivity contribution in [1.82, 2.24) is 4.57 Å². The lowest BCUT2D eigenvalue weighted by Crippen LogP contribution is -2.25. The van der Waals surface area contributed by atoms with Crippen molar-refractivity contribution in [3.8, 4) is 0 Å². The average Bonchev–Trinajstić information content (AvgIpc) is 2.49. The monoisotopic (exact) mass is 291 g/mol. The second-order valence-corrected chi connectivity index (χ2v) is 4.71. The minimum Gasteiger partial charge on any atom is -0.469 e. The molecular weight excluding hydrogens is 274 g/mol. The van der Waals surface area contributed by atoms with Crippen LogP contribution in [0.15, 0.2) is 38.3 Å². The molecule has 0 aliphatic rings. The summed E-state index contributed by atoms with van der Waals surface area (Å²) in [5.74, 6) is -0.880. The maximum Gasteiger partial charge on any atom is 0.422 e. The van der Waals surface area contributed by atoms with E-state index in [0.717, 1.165) is 6.42 Å². The van der Waals surface area contributed by atoms with Gasteiger partial charge in [0.1, 0.15) is 0 Å². The van der Waals surface area contributed by atoms with Crippen LogP contribution in [0, 0.1) is 0 Å². The first kappa shape index (κ1) is 15.0. The van der Waals surface area contributed by atoms with Gasteiger partial charge in [0.15, 0.2) is 0 Å². The van der Waals surface area contributed by atoms with Crippen molar-refractivity contribution in [1.29, 1.82) is 0 Å². The first-order chi connectivity index (χ1) is 10.1. The molecule has 0 aliphatic carbocycles. The SMILES string of the molecule is COC(=O)CCCCCn1c(=O)oc(=O)c2ccccc21. The number of hydrogen-bond donors (Lipinski definition) is 0. The van der Waals surface area contributed by atoms with Gasteiger partial charge in [0.2, 0.25) is 0 Å². The van der Waals surface area contributed by atoms with Gasteiger partial charge in [-0.15, -0.1) is 0 Å². The Morgan fingerprint density at radius 1 is 1.19 bits per heavy atom. The van der Waals surface area contributed by atoms with E-state index in [9.17, 15) is 14.4 Å². The van der Waals surface area contributed by atoms with Crippen LogP contribution in [0.4, 0.5) is 0 Å². The van der Waals surface area contributed by atoms with Gasteiger partial charge in [0.05, 0.1) is 18.0 Å². The van der Waals surface area contributed by atoms with Gasteiger partial charge >= 0.3 is 17.4 Å². The number of hydrogen-bond acceptors (Lipinski definition) is 5. The van der Waals surface area contributed by atoms with Crippen LogP contribution < -0.4 is 11.4 Å². The molecule has 0 unspecified atom stereocenters. The maximum atomic E-state index is 11.8. The van der Waals surface area contributed by atoms with Crippen molar-refractivity contribution >= 4 is 16.9 Å². The summed E-state index contributed by atoms with van der Waals surface area (Å²) in [7, 11) is 1.36. The third-order valence-electron chi connectivity index (χ3n) is 3.31. The number of carbonyl (C=O) groups is 1. The van der Waals surface area contributed by atoms with E-state index in [2.05, 4.69) is 4.74 Å². The van der Waals surface area contributed by atoms with E-state index < -0.39 is 11.4 Å². The highest BCUT2D eigenvalue weighted by atomic mass is 16.5. The average molecular weight is 291 g/mol. The van der Waals surface area contributed by atoms with E-state index in [1.165, 1.54) is 11.7 Å². The summed E-state index contributed by atoms with van der Waals surface area (Å²) < 4.78 is 10.7. The summed E-state index contributed by atoms with van der Waals surface area (Å²) in [4.78, 5) is 34.4. The van der Waals surface area contributed by atoms with Gasteiger partial charge in [-0.25, -0.2) is 9.59 Å². The number of esters is 1. The number of aryl methyl sites for hydroxylation is 1. The summed E-state index contributed by atoms with van der Waals surface area (Å²) in [6.45, 7) is 0.449. The molecule has 0 radical (unpaired) electrons. The summed E-state index contributed by atoms with van der Waals surface area (Å²) in [5, 5.41) is 0.395. The topological polar surface area (TPSA) is 78.5 Å². The minimum atomic E-state index is -0.647. The minimum absolute atomic E-state index is 0.233. The molecule has 1 heterocycles. The van der Waals surface area contributed by atoms with E-state index in [-0.39, 0.29) is 5.97 Å². The fourth-order valence-corrected chi connectivity index (χ4v) is 2.20. The number of rotatable bonds is 6. The lowest BCUT2D eigenvalue weighted by atomic mass is 10.2. The third kappa shape index (κ3) is 3.59. The molecule has 1 aromatic heterocycles. The standard InChI is InChI=1S/C15H17NO5/c1-20-13(17)9-3-2-6-10-16-12-8-5-4-7-11(12)14(18)21-15(16)19/h4-5,7-8H,2-3,6,9-10H2,1H3. The molecule has 2 aromatic rings. The molecule has 0 N–H and O–H groups in total. The highest BCUT2D eigenvalue weighted by Gasteiger charge is 2.08. The van der Waals surface area contributed by atoms with E-state index in [0.29, 0.717) is 36.7 Å². The maximum absolute atomic E-state index is 11.8. The van der Waals surface area contributed by atoms with Gasteiger partial charge < -0.3 is 9.15 Å². The first-order valence-corrected chi connectivity index (χ1v) is 6.83. The van der Waals surface area contributed by atoms with Gasteiger partial charge in [-0.2, -0.15) is 0 Å². The number of para-hydroxylation sites is 1. The third-order valence-corrected chi connectivity index (χ3v) is 3.31. The van der Waals surface area contributed by atoms with E-state index in [4.69, 9.17) is 4.42 Å². The Kier molecular flexibility index (Phi) is 4.92. The van der Waals surface area contributed by atoms with Gasteiger partial charge in [-0.05, 0) is 25.0 Å². The van der Waals surface area contributed by atoms with Gasteiger partial charge in [0.25, 0.3) is 0 Å². The van der Waals surface area contributed by atoms with Crippen molar-refractivity contribution in [2.75, 3.05) is 7.11 Å². The predicted molar refractivity (Wildman–Crippen MR) is 77.2 cm³/mol. The summed E-state index contributed by atoms with van der Waals surface area (Å²) in [6.07, 6.45) is 2.58. The van der Waals surface area contributed by atoms with Crippen molar-refractivity contribution < 1.29 is 13.9 Å². The Bertz CT molecular complexity index is 744. The summed E-state index contributed by atoms with van der Waals surface area (Å²) in [5.41, 5.74) is -0.0377. The lowest BCUT2D eigenvalue weighted by molar-refractivity contribution is -0.140. The van der Waals surface area contributed by atoms with Crippen molar-refractivity contribution in [3.05, 3.63) is 45.2 Å². The Labute approximate surface area is 121 Å². The molecule has 0 amide bonds. The van der Waals surface area contributed by atoms with E-state index in [1.807, 2.05) is 0 Å². The molecule has 2 rings (SSSR count). The Hall–Kier alpha value is -2.37. The largest absolute Gasteiger partial charge is 0.469 e. The summed E-state index contributed by atoms with van der Waals surface area (Å²) in [6, 6.07) is 6.86. The predicted octanol–water partition coefficient (Wildman–Crippen LogP) is 1.69. The highest BCUT2D eigenvalue weighted by Crippen LogP contribution is 2.09. The number of carbonyl (C=O) groups excluding carboxylic acids is 1. The molecule has 1 aromatic carbocycles. The molecule has 0 saturated heterocycles. The van der Waals surface area contributed by atoms with Crippen molar-refractivity contribution in [2.45, 2.75) is 32.2 Å². The highest BCUT2D eigenvalue weighted by molar-refractivity contribution is 5.77. The van der Waals surface area contributed by atoms with Gasteiger partial charge in [-0.3, -0.25) is 9.36 Å². The first-order valence-electron chi connectivity index (χ1n) is 6.83. The molecule has 0 saturated carbocycles. The molecule has 21 heavy (non-hydrogen) atoms. The second kappa shape index (κ2) is 6.88. The molecule has 0 atom stereocenters. The zero-order valence-electron chi connectivity index (χ0n) is 11.8. The second-order valence-electron chi connectivity index (χ2n) is 4.71. The van der Waals surface area contributed by atoms with Crippen LogP contribution in [-0.4, -0.2) is 17.6 Å². The number of ether oxygens (including phenoxy) is 1. The Morgan fingerprint density at radius 3 is 2.71 bits per heavy atom. The molecule has 0 fully saturated rings. The fraction of sp³-hybridized carbons (Fsp3) is 0.400. The van der Waals surface area contributed by atoms with Gasteiger partial charge in [0, 0.05) is 13.0 Å². The molecule has 112 valence electrons. The van der Waals surface area contributed by atoms with Crippen LogP contribution in [0.3, 0.4) is 0 Å². The van der Waals surface area contributed by atoms with Gasteiger partial charge in [-0.1, -0.05) is 18.6 Å². The molecular formula is C15H17NO5.